The monoisotopic (exact) mass is 330 g/mol. The lowest BCUT2D eigenvalue weighted by Gasteiger charge is -2.33. The van der Waals surface area contributed by atoms with Crippen molar-refractivity contribution in [2.24, 2.45) is 0 Å². The number of hydrogen-bond donors (Lipinski definition) is 1. The average molecular weight is 330 g/mol. The van der Waals surface area contributed by atoms with Crippen molar-refractivity contribution in [1.82, 2.24) is 15.3 Å². The number of alkyl halides is 3. The zero-order valence-corrected chi connectivity index (χ0v) is 12.6. The van der Waals surface area contributed by atoms with Crippen LogP contribution in [0.15, 0.2) is 6.07 Å². The summed E-state index contributed by atoms with van der Waals surface area (Å²) in [5.41, 5.74) is -0.981. The van der Waals surface area contributed by atoms with Crippen molar-refractivity contribution in [2.45, 2.75) is 38.1 Å². The molecule has 2 fully saturated rings. The summed E-state index contributed by atoms with van der Waals surface area (Å²) in [6.45, 7) is 2.22. The highest BCUT2D eigenvalue weighted by Gasteiger charge is 2.35. The topological polar surface area (TPSA) is 67.4 Å². The Morgan fingerprint density at radius 3 is 2.78 bits per heavy atom. The number of anilines is 1. The van der Waals surface area contributed by atoms with E-state index in [0.717, 1.165) is 18.9 Å². The van der Waals surface area contributed by atoms with Crippen molar-refractivity contribution in [3.8, 4) is 0 Å². The van der Waals surface area contributed by atoms with E-state index < -0.39 is 18.0 Å². The molecule has 1 atom stereocenters. The van der Waals surface area contributed by atoms with Gasteiger partial charge in [-0.25, -0.2) is 9.97 Å². The van der Waals surface area contributed by atoms with Gasteiger partial charge < -0.3 is 15.0 Å². The van der Waals surface area contributed by atoms with E-state index in [2.05, 4.69) is 15.3 Å². The van der Waals surface area contributed by atoms with Gasteiger partial charge in [0.05, 0.1) is 13.2 Å². The summed E-state index contributed by atoms with van der Waals surface area (Å²) in [5.74, 6) is -0.0170. The summed E-state index contributed by atoms with van der Waals surface area (Å²) in [5, 5.41) is 2.84. The van der Waals surface area contributed by atoms with Gasteiger partial charge in [0.2, 0.25) is 0 Å². The van der Waals surface area contributed by atoms with Crippen LogP contribution < -0.4 is 10.2 Å². The molecule has 0 bridgehead atoms. The second-order valence-corrected chi connectivity index (χ2v) is 5.74. The summed E-state index contributed by atoms with van der Waals surface area (Å²) in [7, 11) is 0. The largest absolute Gasteiger partial charge is 0.433 e. The Balaban J connectivity index is 1.75. The van der Waals surface area contributed by atoms with Gasteiger partial charge in [0, 0.05) is 18.7 Å². The van der Waals surface area contributed by atoms with Crippen LogP contribution in [0.4, 0.5) is 19.0 Å². The molecule has 0 spiro atoms. The number of hydrogen-bond acceptors (Lipinski definition) is 5. The molecule has 23 heavy (non-hydrogen) atoms. The number of halogens is 3. The molecule has 1 amide bonds. The fourth-order valence-corrected chi connectivity index (χ4v) is 2.40. The summed E-state index contributed by atoms with van der Waals surface area (Å²) in [4.78, 5) is 21.2. The third-order valence-electron chi connectivity index (χ3n) is 3.72. The van der Waals surface area contributed by atoms with Gasteiger partial charge >= 0.3 is 6.18 Å². The predicted molar refractivity (Wildman–Crippen MR) is 74.9 cm³/mol. The molecule has 1 aromatic rings. The minimum atomic E-state index is -4.53. The Morgan fingerprint density at radius 2 is 2.13 bits per heavy atom. The molecule has 0 aromatic carbocycles. The van der Waals surface area contributed by atoms with E-state index in [4.69, 9.17) is 4.74 Å². The predicted octanol–water partition coefficient (Wildman–Crippen LogP) is 1.29. The number of ether oxygens (including phenoxy) is 1. The van der Waals surface area contributed by atoms with Crippen molar-refractivity contribution in [3.63, 3.8) is 0 Å². The number of nitrogens with one attached hydrogen (secondary N) is 1. The lowest BCUT2D eigenvalue weighted by Crippen LogP contribution is -2.50. The van der Waals surface area contributed by atoms with E-state index >= 15 is 0 Å². The first kappa shape index (κ1) is 16.0. The van der Waals surface area contributed by atoms with Crippen LogP contribution in [0.3, 0.4) is 0 Å². The average Bonchev–Trinajstić information content (AvgIpc) is 3.30. The third kappa shape index (κ3) is 3.90. The molecule has 9 heteroatoms. The van der Waals surface area contributed by atoms with Gasteiger partial charge in [0.1, 0.15) is 17.3 Å². The summed E-state index contributed by atoms with van der Waals surface area (Å²) in [6.07, 6.45) is -3.31. The minimum Gasteiger partial charge on any atom is -0.365 e. The zero-order chi connectivity index (χ0) is 16.6. The number of carbonyl (C=O) groups excluding carboxylic acids is 1. The van der Waals surface area contributed by atoms with E-state index in [1.54, 1.807) is 4.90 Å². The van der Waals surface area contributed by atoms with E-state index in [1.165, 1.54) is 6.92 Å². The van der Waals surface area contributed by atoms with Crippen LogP contribution in [-0.4, -0.2) is 47.7 Å². The summed E-state index contributed by atoms with van der Waals surface area (Å²) in [6, 6.07) is 1.12. The second kappa shape index (κ2) is 5.95. The normalized spacial score (nSPS) is 22.1. The molecule has 3 rings (SSSR count). The lowest BCUT2D eigenvalue weighted by atomic mass is 10.2. The number of nitrogens with zero attached hydrogens (tertiary/aromatic N) is 3. The number of aromatic nitrogens is 2. The highest BCUT2D eigenvalue weighted by molar-refractivity contribution is 5.82. The molecule has 2 heterocycles. The van der Waals surface area contributed by atoms with Crippen molar-refractivity contribution in [1.29, 1.82) is 0 Å². The van der Waals surface area contributed by atoms with Crippen LogP contribution >= 0.6 is 0 Å². The van der Waals surface area contributed by atoms with Crippen LogP contribution in [0.1, 0.15) is 24.4 Å². The molecule has 126 valence electrons. The molecule has 1 aromatic heterocycles. The maximum Gasteiger partial charge on any atom is 0.433 e. The van der Waals surface area contributed by atoms with Crippen LogP contribution in [0.2, 0.25) is 0 Å². The van der Waals surface area contributed by atoms with Crippen molar-refractivity contribution in [3.05, 3.63) is 17.6 Å². The maximum absolute atomic E-state index is 12.9. The molecule has 1 aliphatic heterocycles. The van der Waals surface area contributed by atoms with E-state index in [9.17, 15) is 18.0 Å². The Kier molecular flexibility index (Phi) is 4.13. The summed E-state index contributed by atoms with van der Waals surface area (Å²) >= 11 is 0. The third-order valence-corrected chi connectivity index (χ3v) is 3.72. The second-order valence-electron chi connectivity index (χ2n) is 5.74. The molecule has 1 N–H and O–H groups in total. The molecular weight excluding hydrogens is 313 g/mol. The molecular formula is C14H17F3N4O2. The summed E-state index contributed by atoms with van der Waals surface area (Å²) < 4.78 is 44.0. The number of rotatable bonds is 3. The zero-order valence-electron chi connectivity index (χ0n) is 12.6. The number of carbonyl (C=O) groups is 1. The molecule has 1 aliphatic carbocycles. The fourth-order valence-electron chi connectivity index (χ4n) is 2.40. The maximum atomic E-state index is 12.9. The molecule has 6 nitrogen and oxygen atoms in total. The van der Waals surface area contributed by atoms with Crippen LogP contribution in [0, 0.1) is 6.92 Å². The Bertz CT molecular complexity index is 604. The first-order valence-corrected chi connectivity index (χ1v) is 7.43. The van der Waals surface area contributed by atoms with E-state index in [-0.39, 0.29) is 36.7 Å². The smallest absolute Gasteiger partial charge is 0.365 e. The van der Waals surface area contributed by atoms with Gasteiger partial charge in [-0.1, -0.05) is 0 Å². The fraction of sp³-hybridized carbons (Fsp3) is 0.643. The standard InChI is InChI=1S/C14H17F3N4O2/c1-8-18-11(14(15,16)17)6-12(19-8)21-4-5-23-10(7-21)13(22)20-9-2-3-9/h6,9-10H,2-5,7H2,1H3,(H,20,22). The first-order chi connectivity index (χ1) is 10.8. The van der Waals surface area contributed by atoms with Gasteiger partial charge in [-0.15, -0.1) is 0 Å². The molecule has 2 aliphatic rings. The number of amides is 1. The Hall–Kier alpha value is -1.90. The number of aryl methyl sites for hydroxylation is 1. The molecule has 1 saturated heterocycles. The molecule has 0 radical (unpaired) electrons. The minimum absolute atomic E-state index is 0.0419. The van der Waals surface area contributed by atoms with Gasteiger partial charge in [-0.05, 0) is 19.8 Å². The van der Waals surface area contributed by atoms with Gasteiger partial charge in [-0.3, -0.25) is 4.79 Å². The van der Waals surface area contributed by atoms with Crippen LogP contribution in [-0.2, 0) is 15.7 Å². The van der Waals surface area contributed by atoms with Crippen LogP contribution in [0.5, 0.6) is 0 Å². The highest BCUT2D eigenvalue weighted by Crippen LogP contribution is 2.30. The Morgan fingerprint density at radius 1 is 1.39 bits per heavy atom. The molecule has 1 saturated carbocycles. The van der Waals surface area contributed by atoms with Crippen molar-refractivity contribution in [2.75, 3.05) is 24.6 Å². The van der Waals surface area contributed by atoms with Gasteiger partial charge in [0.25, 0.3) is 5.91 Å². The van der Waals surface area contributed by atoms with Crippen LogP contribution in [0.25, 0.3) is 0 Å². The Labute approximate surface area is 131 Å². The number of morpholine rings is 1. The van der Waals surface area contributed by atoms with Gasteiger partial charge in [-0.2, -0.15) is 13.2 Å². The molecule has 1 unspecified atom stereocenters. The lowest BCUT2D eigenvalue weighted by molar-refractivity contribution is -0.141. The van der Waals surface area contributed by atoms with Gasteiger partial charge in [0.15, 0.2) is 6.10 Å². The first-order valence-electron chi connectivity index (χ1n) is 7.43. The SMILES string of the molecule is Cc1nc(N2CCOC(C(=O)NC3CC3)C2)cc(C(F)(F)F)n1. The van der Waals surface area contributed by atoms with E-state index in [0.29, 0.717) is 6.54 Å². The quantitative estimate of drug-likeness (QED) is 0.904. The van der Waals surface area contributed by atoms with E-state index in [1.807, 2.05) is 0 Å². The van der Waals surface area contributed by atoms with Crippen molar-refractivity contribution >= 4 is 11.7 Å². The van der Waals surface area contributed by atoms with Crippen molar-refractivity contribution < 1.29 is 22.7 Å². The highest BCUT2D eigenvalue weighted by atomic mass is 19.4.